The van der Waals surface area contributed by atoms with Crippen LogP contribution in [0.25, 0.3) is 22.2 Å². The largest absolute Gasteiger partial charge is 0.346 e. The SMILES string of the molecule is Cc1c[nH]c2ncc(-c3cc4c(c(C5CCCN5)c3)C(=O)N(C)CC4)cc12. The summed E-state index contributed by atoms with van der Waals surface area (Å²) in [6.45, 7) is 3.89. The van der Waals surface area contributed by atoms with E-state index in [9.17, 15) is 4.79 Å². The van der Waals surface area contributed by atoms with Gasteiger partial charge in [0.25, 0.3) is 5.91 Å². The van der Waals surface area contributed by atoms with Crippen molar-refractivity contribution in [2.75, 3.05) is 20.1 Å². The van der Waals surface area contributed by atoms with E-state index < -0.39 is 0 Å². The van der Waals surface area contributed by atoms with Crippen LogP contribution in [0.2, 0.25) is 0 Å². The van der Waals surface area contributed by atoms with E-state index in [0.29, 0.717) is 0 Å². The average Bonchev–Trinajstić information content (AvgIpc) is 3.34. The molecule has 2 aliphatic heterocycles. The van der Waals surface area contributed by atoms with Crippen molar-refractivity contribution in [3.63, 3.8) is 0 Å². The summed E-state index contributed by atoms with van der Waals surface area (Å²) < 4.78 is 0. The molecule has 0 bridgehead atoms. The Morgan fingerprint density at radius 2 is 2.11 bits per heavy atom. The molecular weight excluding hydrogens is 336 g/mol. The minimum absolute atomic E-state index is 0.154. The number of aromatic nitrogens is 2. The fourth-order valence-electron chi connectivity index (χ4n) is 4.45. The lowest BCUT2D eigenvalue weighted by Crippen LogP contribution is -2.36. The fourth-order valence-corrected chi connectivity index (χ4v) is 4.45. The van der Waals surface area contributed by atoms with Gasteiger partial charge in [0.1, 0.15) is 5.65 Å². The summed E-state index contributed by atoms with van der Waals surface area (Å²) in [7, 11) is 1.90. The van der Waals surface area contributed by atoms with Gasteiger partial charge < -0.3 is 15.2 Å². The van der Waals surface area contributed by atoms with Crippen LogP contribution in [0, 0.1) is 6.92 Å². The highest BCUT2D eigenvalue weighted by Crippen LogP contribution is 2.36. The van der Waals surface area contributed by atoms with Gasteiger partial charge >= 0.3 is 0 Å². The second-order valence-corrected chi connectivity index (χ2v) is 7.82. The number of benzene rings is 1. The Bertz CT molecular complexity index is 1050. The molecule has 27 heavy (non-hydrogen) atoms. The molecule has 1 aromatic carbocycles. The van der Waals surface area contributed by atoms with Gasteiger partial charge in [-0.25, -0.2) is 4.98 Å². The molecule has 0 spiro atoms. The highest BCUT2D eigenvalue weighted by molar-refractivity contribution is 5.99. The number of fused-ring (bicyclic) bond motifs is 2. The number of carbonyl (C=O) groups excluding carboxylic acids is 1. The highest BCUT2D eigenvalue weighted by atomic mass is 16.2. The molecular formula is C22H24N4O. The van der Waals surface area contributed by atoms with Crippen molar-refractivity contribution < 1.29 is 4.79 Å². The van der Waals surface area contributed by atoms with Crippen molar-refractivity contribution in [1.82, 2.24) is 20.2 Å². The third kappa shape index (κ3) is 2.65. The van der Waals surface area contributed by atoms with Crippen molar-refractivity contribution in [1.29, 1.82) is 0 Å². The number of aromatic amines is 1. The predicted molar refractivity (Wildman–Crippen MR) is 107 cm³/mol. The van der Waals surface area contributed by atoms with Gasteiger partial charge in [-0.15, -0.1) is 0 Å². The van der Waals surface area contributed by atoms with Crippen LogP contribution in [0.1, 0.15) is 45.9 Å². The molecule has 5 nitrogen and oxygen atoms in total. The maximum Gasteiger partial charge on any atom is 0.254 e. The zero-order chi connectivity index (χ0) is 18.5. The summed E-state index contributed by atoms with van der Waals surface area (Å²) in [5.74, 6) is 0.154. The number of amides is 1. The molecule has 138 valence electrons. The molecule has 0 aliphatic carbocycles. The average molecular weight is 360 g/mol. The van der Waals surface area contributed by atoms with Crippen molar-refractivity contribution in [3.8, 4) is 11.1 Å². The van der Waals surface area contributed by atoms with E-state index in [1.165, 1.54) is 11.1 Å². The second-order valence-electron chi connectivity index (χ2n) is 7.82. The second kappa shape index (κ2) is 6.20. The van der Waals surface area contributed by atoms with Crippen LogP contribution in [0.3, 0.4) is 0 Å². The number of nitrogens with one attached hydrogen (secondary N) is 2. The molecule has 2 aromatic heterocycles. The van der Waals surface area contributed by atoms with Gasteiger partial charge in [-0.3, -0.25) is 4.79 Å². The number of pyridine rings is 1. The normalized spacial score (nSPS) is 19.7. The number of likely N-dealkylation sites (N-methyl/N-ethyl adjacent to an activating group) is 1. The molecule has 1 fully saturated rings. The van der Waals surface area contributed by atoms with Crippen LogP contribution >= 0.6 is 0 Å². The van der Waals surface area contributed by atoms with Gasteiger partial charge in [0.2, 0.25) is 0 Å². The third-order valence-corrected chi connectivity index (χ3v) is 6.03. The Balaban J connectivity index is 1.69. The van der Waals surface area contributed by atoms with Crippen molar-refractivity contribution in [2.45, 2.75) is 32.2 Å². The standard InChI is InChI=1S/C22H24N4O/c1-13-11-24-21-17(13)10-16(12-25-21)15-8-14-5-7-26(2)22(27)20(14)18(9-15)19-4-3-6-23-19/h8-12,19,23H,3-7H2,1-2H3,(H,24,25). The zero-order valence-electron chi connectivity index (χ0n) is 15.8. The Hall–Kier alpha value is -2.66. The Kier molecular flexibility index (Phi) is 3.79. The van der Waals surface area contributed by atoms with E-state index in [4.69, 9.17) is 0 Å². The number of nitrogens with zero attached hydrogens (tertiary/aromatic N) is 2. The first-order chi connectivity index (χ1) is 13.1. The van der Waals surface area contributed by atoms with Crippen LogP contribution < -0.4 is 5.32 Å². The lowest BCUT2D eigenvalue weighted by Gasteiger charge is -2.29. The third-order valence-electron chi connectivity index (χ3n) is 6.03. The summed E-state index contributed by atoms with van der Waals surface area (Å²) in [5, 5.41) is 4.73. The number of rotatable bonds is 2. The van der Waals surface area contributed by atoms with Crippen LogP contribution in [-0.4, -0.2) is 40.9 Å². The fraction of sp³-hybridized carbons (Fsp3) is 0.364. The Morgan fingerprint density at radius 1 is 1.22 bits per heavy atom. The Morgan fingerprint density at radius 3 is 2.93 bits per heavy atom. The maximum absolute atomic E-state index is 12.9. The number of hydrogen-bond donors (Lipinski definition) is 2. The molecule has 0 saturated carbocycles. The molecule has 3 aromatic rings. The first kappa shape index (κ1) is 16.5. The molecule has 4 heterocycles. The van der Waals surface area contributed by atoms with Gasteiger partial charge in [0.05, 0.1) is 0 Å². The molecule has 1 amide bonds. The predicted octanol–water partition coefficient (Wildman–Crippen LogP) is 3.59. The van der Waals surface area contributed by atoms with Crippen LogP contribution in [-0.2, 0) is 6.42 Å². The smallest absolute Gasteiger partial charge is 0.254 e. The molecule has 2 N–H and O–H groups in total. The Labute approximate surface area is 158 Å². The van der Waals surface area contributed by atoms with Crippen LogP contribution in [0.4, 0.5) is 0 Å². The maximum atomic E-state index is 12.9. The minimum atomic E-state index is 0.154. The molecule has 1 saturated heterocycles. The first-order valence-corrected chi connectivity index (χ1v) is 9.71. The van der Waals surface area contributed by atoms with Gasteiger partial charge in [-0.2, -0.15) is 0 Å². The van der Waals surface area contributed by atoms with E-state index in [0.717, 1.165) is 65.6 Å². The van der Waals surface area contributed by atoms with E-state index in [-0.39, 0.29) is 11.9 Å². The first-order valence-electron chi connectivity index (χ1n) is 9.71. The lowest BCUT2D eigenvalue weighted by molar-refractivity contribution is 0.0779. The van der Waals surface area contributed by atoms with Crippen molar-refractivity contribution >= 4 is 16.9 Å². The van der Waals surface area contributed by atoms with E-state index in [2.05, 4.69) is 40.4 Å². The van der Waals surface area contributed by atoms with E-state index >= 15 is 0 Å². The summed E-state index contributed by atoms with van der Waals surface area (Å²) in [4.78, 5) is 22.6. The molecule has 1 unspecified atom stereocenters. The van der Waals surface area contributed by atoms with Crippen molar-refractivity contribution in [3.05, 3.63) is 52.8 Å². The molecule has 0 radical (unpaired) electrons. The van der Waals surface area contributed by atoms with Gasteiger partial charge in [0, 0.05) is 48.5 Å². The number of H-pyrrole nitrogens is 1. The molecule has 1 atom stereocenters. The summed E-state index contributed by atoms with van der Waals surface area (Å²) in [6.07, 6.45) is 7.08. The van der Waals surface area contributed by atoms with Gasteiger partial charge in [-0.05, 0) is 67.1 Å². The zero-order valence-corrected chi connectivity index (χ0v) is 15.8. The van der Waals surface area contributed by atoms with Gasteiger partial charge in [0.15, 0.2) is 0 Å². The number of aryl methyl sites for hydroxylation is 1. The van der Waals surface area contributed by atoms with E-state index in [1.807, 2.05) is 24.3 Å². The molecule has 5 rings (SSSR count). The summed E-state index contributed by atoms with van der Waals surface area (Å²) >= 11 is 0. The molecule has 5 heteroatoms. The number of hydrogen-bond acceptors (Lipinski definition) is 3. The monoisotopic (exact) mass is 360 g/mol. The van der Waals surface area contributed by atoms with Crippen molar-refractivity contribution in [2.24, 2.45) is 0 Å². The van der Waals surface area contributed by atoms with Crippen LogP contribution in [0.15, 0.2) is 30.6 Å². The lowest BCUT2D eigenvalue weighted by atomic mass is 9.87. The van der Waals surface area contributed by atoms with Gasteiger partial charge in [-0.1, -0.05) is 6.07 Å². The molecule has 2 aliphatic rings. The van der Waals surface area contributed by atoms with E-state index in [1.54, 1.807) is 0 Å². The topological polar surface area (TPSA) is 61.0 Å². The summed E-state index contributed by atoms with van der Waals surface area (Å²) in [6, 6.07) is 6.88. The summed E-state index contributed by atoms with van der Waals surface area (Å²) in [5.41, 5.74) is 7.63. The number of carbonyl (C=O) groups is 1. The minimum Gasteiger partial charge on any atom is -0.346 e. The van der Waals surface area contributed by atoms with Crippen LogP contribution in [0.5, 0.6) is 0 Å². The highest BCUT2D eigenvalue weighted by Gasteiger charge is 2.30. The quantitative estimate of drug-likeness (QED) is 0.734.